The minimum atomic E-state index is -1.24. The van der Waals surface area contributed by atoms with Crippen molar-refractivity contribution in [3.8, 4) is 0 Å². The average Bonchev–Trinajstić information content (AvgIpc) is 2.50. The lowest BCUT2D eigenvalue weighted by Gasteiger charge is -2.26. The van der Waals surface area contributed by atoms with Gasteiger partial charge in [-0.25, -0.2) is 9.59 Å². The molecule has 9 nitrogen and oxygen atoms in total. The van der Waals surface area contributed by atoms with Gasteiger partial charge in [0.25, 0.3) is 5.69 Å². The van der Waals surface area contributed by atoms with Crippen LogP contribution in [0.3, 0.4) is 0 Å². The normalized spacial score (nSPS) is 12.6. The first-order valence-electron chi connectivity index (χ1n) is 8.67. The van der Waals surface area contributed by atoms with Crippen molar-refractivity contribution in [3.05, 3.63) is 39.4 Å². The second-order valence-corrected chi connectivity index (χ2v) is 8.20. The summed E-state index contributed by atoms with van der Waals surface area (Å²) in [6.07, 6.45) is -0.569. The number of esters is 1. The number of rotatable bonds is 6. The van der Waals surface area contributed by atoms with Gasteiger partial charge >= 0.3 is 12.1 Å². The fraction of sp³-hybridized carbons (Fsp3) is 0.526. The number of nitro groups is 1. The number of amides is 1. The van der Waals surface area contributed by atoms with Gasteiger partial charge in [-0.2, -0.15) is 0 Å². The van der Waals surface area contributed by atoms with Crippen LogP contribution in [-0.4, -0.2) is 40.5 Å². The summed E-state index contributed by atoms with van der Waals surface area (Å²) in [6.45, 7) is 9.95. The number of ether oxygens (including phenoxy) is 2. The molecule has 1 aromatic carbocycles. The zero-order valence-corrected chi connectivity index (χ0v) is 16.9. The molecular formula is C19H26N2O7. The first-order chi connectivity index (χ1) is 12.7. The third kappa shape index (κ3) is 7.73. The summed E-state index contributed by atoms with van der Waals surface area (Å²) in [7, 11) is 0. The molecule has 0 saturated carbocycles. The first kappa shape index (κ1) is 23.1. The number of carbonyl (C=O) groups is 3. The molecule has 1 amide bonds. The van der Waals surface area contributed by atoms with E-state index in [0.717, 1.165) is 0 Å². The minimum absolute atomic E-state index is 0.113. The molecule has 9 heteroatoms. The Labute approximate surface area is 163 Å². The van der Waals surface area contributed by atoms with Gasteiger partial charge in [0.2, 0.25) is 0 Å². The maximum absolute atomic E-state index is 12.6. The van der Waals surface area contributed by atoms with E-state index in [1.807, 2.05) is 0 Å². The molecule has 0 saturated heterocycles. The Hall–Kier alpha value is -2.97. The van der Waals surface area contributed by atoms with E-state index < -0.39 is 34.2 Å². The Balaban J connectivity index is 3.21. The van der Waals surface area contributed by atoms with E-state index in [1.54, 1.807) is 41.5 Å². The van der Waals surface area contributed by atoms with Gasteiger partial charge in [-0.15, -0.1) is 0 Å². The van der Waals surface area contributed by atoms with E-state index in [1.165, 1.54) is 18.2 Å². The lowest BCUT2D eigenvalue weighted by atomic mass is 10.0. The lowest BCUT2D eigenvalue weighted by Crippen LogP contribution is -2.47. The molecule has 0 bridgehead atoms. The number of nitrogens with one attached hydrogen (secondary N) is 1. The van der Waals surface area contributed by atoms with E-state index >= 15 is 0 Å². The topological polar surface area (TPSA) is 125 Å². The van der Waals surface area contributed by atoms with Crippen molar-refractivity contribution < 1.29 is 28.8 Å². The van der Waals surface area contributed by atoms with Gasteiger partial charge in [-0.05, 0) is 53.7 Å². The maximum Gasteiger partial charge on any atom is 0.408 e. The fourth-order valence-electron chi connectivity index (χ4n) is 2.26. The van der Waals surface area contributed by atoms with Crippen LogP contribution in [0.25, 0.3) is 0 Å². The van der Waals surface area contributed by atoms with Crippen molar-refractivity contribution in [1.29, 1.82) is 0 Å². The lowest BCUT2D eigenvalue weighted by molar-refractivity contribution is -0.385. The number of carbonyl (C=O) groups excluding carboxylic acids is 3. The predicted molar refractivity (Wildman–Crippen MR) is 101 cm³/mol. The van der Waals surface area contributed by atoms with Gasteiger partial charge in [0, 0.05) is 23.6 Å². The van der Waals surface area contributed by atoms with Crippen LogP contribution in [0.5, 0.6) is 0 Å². The number of hydrogen-bond acceptors (Lipinski definition) is 7. The van der Waals surface area contributed by atoms with E-state index in [2.05, 4.69) is 5.32 Å². The molecule has 1 rings (SSSR count). The molecule has 0 unspecified atom stereocenters. The summed E-state index contributed by atoms with van der Waals surface area (Å²) in [5.41, 5.74) is -1.58. The standard InChI is InChI=1S/C19H26N2O7/c1-18(2,3)27-16(23)14(20-17(24)28-19(4,5)6)10-13-9-12(11-22)7-8-15(13)21(25)26/h7-9,11,14H,10H2,1-6H3,(H,20,24)/t14-/m0/s1. The van der Waals surface area contributed by atoms with Crippen LogP contribution < -0.4 is 5.32 Å². The summed E-state index contributed by atoms with van der Waals surface area (Å²) in [5.74, 6) is -0.774. The van der Waals surface area contributed by atoms with Gasteiger partial charge in [0.1, 0.15) is 23.5 Å². The Kier molecular flexibility index (Phi) is 7.26. The molecular weight excluding hydrogens is 368 g/mol. The molecule has 28 heavy (non-hydrogen) atoms. The van der Waals surface area contributed by atoms with Crippen LogP contribution >= 0.6 is 0 Å². The van der Waals surface area contributed by atoms with E-state index in [0.29, 0.717) is 6.29 Å². The second kappa shape index (κ2) is 8.81. The van der Waals surface area contributed by atoms with Crippen LogP contribution in [0.4, 0.5) is 10.5 Å². The number of hydrogen-bond donors (Lipinski definition) is 1. The van der Waals surface area contributed by atoms with Crippen LogP contribution in [0.2, 0.25) is 0 Å². The van der Waals surface area contributed by atoms with E-state index in [4.69, 9.17) is 9.47 Å². The molecule has 0 aliphatic rings. The fourth-order valence-corrected chi connectivity index (χ4v) is 2.26. The molecule has 0 fully saturated rings. The summed E-state index contributed by atoms with van der Waals surface area (Å²) in [5, 5.41) is 13.7. The molecule has 0 spiro atoms. The SMILES string of the molecule is CC(C)(C)OC(=O)N[C@@H](Cc1cc(C=O)ccc1[N+](=O)[O-])C(=O)OC(C)(C)C. The third-order valence-corrected chi connectivity index (χ3v) is 3.24. The van der Waals surface area contributed by atoms with Crippen LogP contribution in [0, 0.1) is 10.1 Å². The summed E-state index contributed by atoms with van der Waals surface area (Å²) < 4.78 is 10.5. The summed E-state index contributed by atoms with van der Waals surface area (Å²) >= 11 is 0. The maximum atomic E-state index is 12.6. The van der Waals surface area contributed by atoms with Gasteiger partial charge < -0.3 is 14.8 Å². The zero-order valence-electron chi connectivity index (χ0n) is 16.9. The molecule has 0 aliphatic carbocycles. The van der Waals surface area contributed by atoms with Crippen LogP contribution in [0.1, 0.15) is 57.5 Å². The van der Waals surface area contributed by atoms with Crippen LogP contribution in [0.15, 0.2) is 18.2 Å². The summed E-state index contributed by atoms with van der Waals surface area (Å²) in [4.78, 5) is 46.4. The Morgan fingerprint density at radius 3 is 2.18 bits per heavy atom. The Morgan fingerprint density at radius 2 is 1.71 bits per heavy atom. The zero-order chi connectivity index (χ0) is 21.7. The second-order valence-electron chi connectivity index (χ2n) is 8.20. The molecule has 0 radical (unpaired) electrons. The Bertz CT molecular complexity index is 761. The highest BCUT2D eigenvalue weighted by atomic mass is 16.6. The van der Waals surface area contributed by atoms with Gasteiger partial charge in [-0.1, -0.05) is 0 Å². The van der Waals surface area contributed by atoms with Gasteiger partial charge in [0.15, 0.2) is 0 Å². The number of nitrogens with zero attached hydrogens (tertiary/aromatic N) is 1. The van der Waals surface area contributed by atoms with Crippen molar-refractivity contribution in [2.75, 3.05) is 0 Å². The molecule has 0 aromatic heterocycles. The van der Waals surface area contributed by atoms with Crippen molar-refractivity contribution in [3.63, 3.8) is 0 Å². The molecule has 1 N–H and O–H groups in total. The number of nitro benzene ring substituents is 1. The molecule has 1 aromatic rings. The van der Waals surface area contributed by atoms with E-state index in [-0.39, 0.29) is 23.2 Å². The Morgan fingerprint density at radius 1 is 1.14 bits per heavy atom. The number of aldehydes is 1. The van der Waals surface area contributed by atoms with Crippen molar-refractivity contribution >= 4 is 24.0 Å². The molecule has 0 heterocycles. The van der Waals surface area contributed by atoms with Gasteiger partial charge in [-0.3, -0.25) is 14.9 Å². The van der Waals surface area contributed by atoms with Crippen LogP contribution in [-0.2, 0) is 20.7 Å². The number of benzene rings is 1. The van der Waals surface area contributed by atoms with Crippen molar-refractivity contribution in [2.45, 2.75) is 65.2 Å². The quantitative estimate of drug-likeness (QED) is 0.340. The highest BCUT2D eigenvalue weighted by molar-refractivity contribution is 5.82. The largest absolute Gasteiger partial charge is 0.458 e. The molecule has 154 valence electrons. The smallest absolute Gasteiger partial charge is 0.408 e. The number of alkyl carbamates (subject to hydrolysis) is 1. The average molecular weight is 394 g/mol. The third-order valence-electron chi connectivity index (χ3n) is 3.24. The summed E-state index contributed by atoms with van der Waals surface area (Å²) in [6, 6.07) is 2.55. The first-order valence-corrected chi connectivity index (χ1v) is 8.67. The van der Waals surface area contributed by atoms with Crippen molar-refractivity contribution in [2.24, 2.45) is 0 Å². The van der Waals surface area contributed by atoms with Gasteiger partial charge in [0.05, 0.1) is 4.92 Å². The van der Waals surface area contributed by atoms with Crippen molar-refractivity contribution in [1.82, 2.24) is 5.32 Å². The highest BCUT2D eigenvalue weighted by Crippen LogP contribution is 2.22. The van der Waals surface area contributed by atoms with E-state index in [9.17, 15) is 24.5 Å². The molecule has 1 atom stereocenters. The monoisotopic (exact) mass is 394 g/mol. The minimum Gasteiger partial charge on any atom is -0.458 e. The molecule has 0 aliphatic heterocycles. The highest BCUT2D eigenvalue weighted by Gasteiger charge is 2.31. The predicted octanol–water partition coefficient (Wildman–Crippen LogP) is 3.18.